The third-order valence-electron chi connectivity index (χ3n) is 9.15. The smallest absolute Gasteiger partial charge is 0.338 e. The van der Waals surface area contributed by atoms with Gasteiger partial charge in [-0.25, -0.2) is 14.6 Å². The van der Waals surface area contributed by atoms with Crippen LogP contribution in [-0.4, -0.2) is 78.2 Å². The van der Waals surface area contributed by atoms with Crippen molar-refractivity contribution in [3.8, 4) is 5.75 Å². The predicted octanol–water partition coefficient (Wildman–Crippen LogP) is 6.63. The van der Waals surface area contributed by atoms with Gasteiger partial charge in [-0.2, -0.15) is 0 Å². The van der Waals surface area contributed by atoms with E-state index >= 15 is 0 Å². The molecule has 1 unspecified atom stereocenters. The van der Waals surface area contributed by atoms with Gasteiger partial charge in [-0.15, -0.1) is 0 Å². The van der Waals surface area contributed by atoms with Gasteiger partial charge in [-0.05, 0) is 105 Å². The highest BCUT2D eigenvalue weighted by molar-refractivity contribution is 8.13. The minimum atomic E-state index is -0.938. The van der Waals surface area contributed by atoms with Crippen molar-refractivity contribution in [3.63, 3.8) is 0 Å². The fourth-order valence-electron chi connectivity index (χ4n) is 6.48. The number of benzene rings is 3. The lowest BCUT2D eigenvalue weighted by Crippen LogP contribution is -2.48. The van der Waals surface area contributed by atoms with Crippen molar-refractivity contribution in [2.24, 2.45) is 4.99 Å². The molecule has 13 nitrogen and oxygen atoms in total. The maximum atomic E-state index is 14.2. The molecular formula is C38H44N6O7S. The van der Waals surface area contributed by atoms with E-state index in [0.717, 1.165) is 49.5 Å². The number of ether oxygens (including phenoxy) is 2. The minimum Gasteiger partial charge on any atom is -0.497 e. The molecule has 274 valence electrons. The van der Waals surface area contributed by atoms with Gasteiger partial charge in [0.15, 0.2) is 5.17 Å². The fraction of sp³-hybridized carbons (Fsp3) is 0.368. The number of hydrogen-bond acceptors (Lipinski definition) is 10. The van der Waals surface area contributed by atoms with Crippen LogP contribution in [0.1, 0.15) is 61.8 Å². The number of nitro benzene ring substituents is 1. The van der Waals surface area contributed by atoms with E-state index in [2.05, 4.69) is 27.7 Å². The second-order valence-electron chi connectivity index (χ2n) is 12.7. The SMILES string of the molecule is COC(=O)C1=C(C)N=C(SCc2ccc(OC)cc2)N(C(=O)NCCCN2CCC(c3cccc(NC(C)=O)c3)CC2)C1c1ccc([N+](=O)[O-])cc1. The van der Waals surface area contributed by atoms with Gasteiger partial charge in [0.25, 0.3) is 5.69 Å². The highest BCUT2D eigenvalue weighted by Crippen LogP contribution is 2.39. The molecule has 0 aromatic heterocycles. The Balaban J connectivity index is 1.28. The predicted molar refractivity (Wildman–Crippen MR) is 201 cm³/mol. The van der Waals surface area contributed by atoms with E-state index in [0.29, 0.717) is 41.1 Å². The molecule has 0 radical (unpaired) electrons. The number of hydrogen-bond donors (Lipinski definition) is 2. The summed E-state index contributed by atoms with van der Waals surface area (Å²) in [6, 6.07) is 20.0. The van der Waals surface area contributed by atoms with Crippen molar-refractivity contribution in [2.45, 2.75) is 50.8 Å². The number of carbonyl (C=O) groups excluding carboxylic acids is 3. The number of aliphatic imine (C=N–C) groups is 1. The highest BCUT2D eigenvalue weighted by atomic mass is 32.2. The number of esters is 1. The first-order chi connectivity index (χ1) is 25.1. The number of amides is 3. The van der Waals surface area contributed by atoms with E-state index < -0.39 is 23.0 Å². The number of nitro groups is 1. The summed E-state index contributed by atoms with van der Waals surface area (Å²) >= 11 is 1.35. The molecule has 52 heavy (non-hydrogen) atoms. The second-order valence-corrected chi connectivity index (χ2v) is 13.6. The van der Waals surface area contributed by atoms with Crippen molar-refractivity contribution in [1.29, 1.82) is 0 Å². The number of rotatable bonds is 12. The molecule has 0 bridgehead atoms. The molecule has 1 atom stereocenters. The Morgan fingerprint density at radius 2 is 1.71 bits per heavy atom. The van der Waals surface area contributed by atoms with Crippen molar-refractivity contribution in [3.05, 3.63) is 111 Å². The Kier molecular flexibility index (Phi) is 13.0. The largest absolute Gasteiger partial charge is 0.497 e. The maximum absolute atomic E-state index is 14.2. The number of nitrogens with zero attached hydrogens (tertiary/aromatic N) is 4. The zero-order chi connectivity index (χ0) is 37.2. The summed E-state index contributed by atoms with van der Waals surface area (Å²) < 4.78 is 10.4. The number of thioether (sulfide) groups is 1. The molecule has 2 aliphatic rings. The van der Waals surface area contributed by atoms with E-state index in [-0.39, 0.29) is 17.2 Å². The number of urea groups is 1. The van der Waals surface area contributed by atoms with Crippen LogP contribution in [0.15, 0.2) is 89.1 Å². The van der Waals surface area contributed by atoms with Gasteiger partial charge in [0.05, 0.1) is 36.5 Å². The van der Waals surface area contributed by atoms with Crippen molar-refractivity contribution in [1.82, 2.24) is 15.1 Å². The molecule has 2 heterocycles. The maximum Gasteiger partial charge on any atom is 0.338 e. The van der Waals surface area contributed by atoms with E-state index in [4.69, 9.17) is 14.5 Å². The summed E-state index contributed by atoms with van der Waals surface area (Å²) in [5.74, 6) is 0.879. The van der Waals surface area contributed by atoms with Crippen LogP contribution in [0.25, 0.3) is 0 Å². The third-order valence-corrected chi connectivity index (χ3v) is 10.2. The molecule has 14 heteroatoms. The lowest BCUT2D eigenvalue weighted by atomic mass is 9.89. The van der Waals surface area contributed by atoms with Crippen molar-refractivity contribution >= 4 is 46.2 Å². The number of methoxy groups -OCH3 is 2. The lowest BCUT2D eigenvalue weighted by molar-refractivity contribution is -0.384. The molecule has 0 spiro atoms. The quantitative estimate of drug-likeness (QED) is 0.0904. The molecule has 0 aliphatic carbocycles. The van der Waals surface area contributed by atoms with Crippen LogP contribution >= 0.6 is 11.8 Å². The monoisotopic (exact) mass is 728 g/mol. The van der Waals surface area contributed by atoms with Crippen molar-refractivity contribution < 1.29 is 28.8 Å². The van der Waals surface area contributed by atoms with Crippen LogP contribution in [-0.2, 0) is 20.1 Å². The van der Waals surface area contributed by atoms with Crippen LogP contribution in [0.2, 0.25) is 0 Å². The van der Waals surface area contributed by atoms with E-state index in [1.54, 1.807) is 26.2 Å². The number of anilines is 1. The Labute approximate surface area is 307 Å². The first-order valence-electron chi connectivity index (χ1n) is 17.1. The van der Waals surface area contributed by atoms with Gasteiger partial charge in [0, 0.05) is 37.0 Å². The standard InChI is InChI=1S/C38H44N6O7S/c1-25-34(36(46)51-4)35(29-11-13-32(14-12-29)44(48)49)43(38(40-25)52-24-27-9-15-33(50-3)16-10-27)37(47)39-19-6-20-42-21-17-28(18-22-42)30-7-5-8-31(23-30)41-26(2)45/h5,7-16,23,28,35H,6,17-22,24H2,1-4H3,(H,39,47)(H,41,45). The number of amidine groups is 1. The summed E-state index contributed by atoms with van der Waals surface area (Å²) in [7, 11) is 2.87. The third kappa shape index (κ3) is 9.56. The summed E-state index contributed by atoms with van der Waals surface area (Å²) in [4.78, 5) is 58.4. The molecule has 3 amide bonds. The van der Waals surface area contributed by atoms with Gasteiger partial charge in [0.2, 0.25) is 5.91 Å². The Morgan fingerprint density at radius 3 is 2.35 bits per heavy atom. The molecule has 0 saturated carbocycles. The summed E-state index contributed by atoms with van der Waals surface area (Å²) in [6.07, 6.45) is 2.69. The Morgan fingerprint density at radius 1 is 1.00 bits per heavy atom. The Hall–Kier alpha value is -5.21. The lowest BCUT2D eigenvalue weighted by Gasteiger charge is -2.36. The van der Waals surface area contributed by atoms with E-state index in [1.165, 1.54) is 48.4 Å². The van der Waals surface area contributed by atoms with Crippen LogP contribution in [0.4, 0.5) is 16.2 Å². The summed E-state index contributed by atoms with van der Waals surface area (Å²) in [5.41, 5.74) is 3.96. The van der Waals surface area contributed by atoms with Crippen LogP contribution in [0.5, 0.6) is 5.75 Å². The first kappa shape index (κ1) is 38.0. The van der Waals surface area contributed by atoms with Gasteiger partial charge in [-0.1, -0.05) is 36.0 Å². The topological polar surface area (TPSA) is 156 Å². The summed E-state index contributed by atoms with van der Waals surface area (Å²) in [6.45, 7) is 6.21. The molecule has 2 aliphatic heterocycles. The molecule has 3 aromatic carbocycles. The van der Waals surface area contributed by atoms with Crippen LogP contribution in [0.3, 0.4) is 0 Å². The zero-order valence-corrected chi connectivity index (χ0v) is 30.6. The molecular weight excluding hydrogens is 685 g/mol. The highest BCUT2D eigenvalue weighted by Gasteiger charge is 2.40. The molecule has 5 rings (SSSR count). The minimum absolute atomic E-state index is 0.0903. The summed E-state index contributed by atoms with van der Waals surface area (Å²) in [5, 5.41) is 17.7. The Bertz CT molecular complexity index is 1820. The van der Waals surface area contributed by atoms with Crippen LogP contribution < -0.4 is 15.4 Å². The molecule has 1 saturated heterocycles. The average molecular weight is 729 g/mol. The fourth-order valence-corrected chi connectivity index (χ4v) is 7.50. The number of allylic oxidation sites excluding steroid dienone is 1. The number of nitrogens with one attached hydrogen (secondary N) is 2. The van der Waals surface area contributed by atoms with E-state index in [1.807, 2.05) is 36.4 Å². The average Bonchev–Trinajstić information content (AvgIpc) is 3.15. The van der Waals surface area contributed by atoms with Gasteiger partial charge in [0.1, 0.15) is 5.75 Å². The number of piperidine rings is 1. The molecule has 3 aromatic rings. The van der Waals surface area contributed by atoms with E-state index in [9.17, 15) is 24.5 Å². The zero-order valence-electron chi connectivity index (χ0n) is 29.8. The number of non-ortho nitro benzene ring substituents is 1. The van der Waals surface area contributed by atoms with Crippen LogP contribution in [0, 0.1) is 10.1 Å². The number of carbonyl (C=O) groups is 3. The normalized spacial score (nSPS) is 16.6. The first-order valence-corrected chi connectivity index (χ1v) is 18.1. The molecule has 1 fully saturated rings. The van der Waals surface area contributed by atoms with Gasteiger partial charge < -0.3 is 25.0 Å². The second kappa shape index (κ2) is 17.8. The van der Waals surface area contributed by atoms with Crippen molar-refractivity contribution in [2.75, 3.05) is 45.7 Å². The molecule has 2 N–H and O–H groups in total. The van der Waals surface area contributed by atoms with Gasteiger partial charge >= 0.3 is 12.0 Å². The van der Waals surface area contributed by atoms with Gasteiger partial charge in [-0.3, -0.25) is 19.8 Å². The number of likely N-dealkylation sites (tertiary alicyclic amines) is 1.